The summed E-state index contributed by atoms with van der Waals surface area (Å²) in [4.78, 5) is 0. The Hall–Kier alpha value is -1.01. The number of alkyl halides is 17. The molecule has 0 aliphatic carbocycles. The second kappa shape index (κ2) is 8.29. The van der Waals surface area contributed by atoms with E-state index in [9.17, 15) is 74.6 Å². The normalized spacial score (nSPS) is 17.4. The van der Waals surface area contributed by atoms with E-state index in [1.807, 2.05) is 0 Å². The Labute approximate surface area is 175 Å². The van der Waals surface area contributed by atoms with Crippen molar-refractivity contribution in [3.8, 4) is 0 Å². The Bertz CT molecular complexity index is 700. The highest BCUT2D eigenvalue weighted by Crippen LogP contribution is 2.64. The second-order valence-electron chi connectivity index (χ2n) is 7.20. The Balaban J connectivity index is 6.93. The van der Waals surface area contributed by atoms with Gasteiger partial charge in [0.05, 0.1) is 0 Å². The van der Waals surface area contributed by atoms with E-state index in [0.29, 0.717) is 0 Å². The van der Waals surface area contributed by atoms with Crippen LogP contribution in [-0.2, 0) is 4.43 Å². The van der Waals surface area contributed by atoms with Gasteiger partial charge in [-0.05, 0) is 26.9 Å². The molecule has 19 heteroatoms. The van der Waals surface area contributed by atoms with Crippen LogP contribution in [0.2, 0.25) is 13.1 Å². The molecule has 0 rings (SSSR count). The van der Waals surface area contributed by atoms with Gasteiger partial charge in [0.25, 0.3) is 8.32 Å². The molecule has 0 heterocycles. The molecule has 0 bridgehead atoms. The fraction of sp³-hybridized carbons (Fsp3) is 1.00. The summed E-state index contributed by atoms with van der Waals surface area (Å²) in [6.07, 6.45) is -4.48. The van der Waals surface area contributed by atoms with Crippen molar-refractivity contribution in [3.63, 3.8) is 0 Å². The minimum atomic E-state index is -8.55. The summed E-state index contributed by atoms with van der Waals surface area (Å²) in [5, 5.41) is 0. The summed E-state index contributed by atoms with van der Waals surface area (Å²) in [7, 11) is -5.59. The molecule has 0 saturated heterocycles. The van der Waals surface area contributed by atoms with Crippen LogP contribution in [0.25, 0.3) is 0 Å². The third-order valence-corrected chi connectivity index (χ3v) is 7.38. The molecule has 1 nitrogen and oxygen atoms in total. The van der Waals surface area contributed by atoms with Gasteiger partial charge in [-0.25, -0.2) is 13.2 Å². The molecule has 1 unspecified atom stereocenters. The predicted molar refractivity (Wildman–Crippen MR) is 79.3 cm³/mol. The number of hydrogen-bond donors (Lipinski definition) is 0. The molecule has 0 radical (unpaired) electrons. The fourth-order valence-corrected chi connectivity index (χ4v) is 4.09. The summed E-state index contributed by atoms with van der Waals surface area (Å²) in [6, 6.07) is 0. The van der Waals surface area contributed by atoms with Crippen molar-refractivity contribution in [1.82, 2.24) is 0 Å². The molecule has 0 spiro atoms. The molecule has 0 saturated carbocycles. The van der Waals surface area contributed by atoms with E-state index in [2.05, 4.69) is 4.43 Å². The van der Waals surface area contributed by atoms with E-state index >= 15 is 0 Å². The van der Waals surface area contributed by atoms with E-state index in [-0.39, 0.29) is 13.1 Å². The number of rotatable bonds is 11. The molecule has 0 aliphatic rings. The summed E-state index contributed by atoms with van der Waals surface area (Å²) in [5.74, 6) is -56.2. The summed E-state index contributed by atoms with van der Waals surface area (Å²) < 4.78 is 234. The van der Waals surface area contributed by atoms with Gasteiger partial charge in [0.15, 0.2) is 6.17 Å². The van der Waals surface area contributed by atoms with Crippen molar-refractivity contribution in [2.45, 2.75) is 80.1 Å². The molecule has 0 aliphatic heterocycles. The molecule has 0 amide bonds. The minimum absolute atomic E-state index is 0.0166. The molecule has 0 fully saturated rings. The molecular weight excluding hydrogens is 535 g/mol. The Morgan fingerprint density at radius 2 is 0.848 bits per heavy atom. The minimum Gasteiger partial charge on any atom is -0.410 e. The van der Waals surface area contributed by atoms with Crippen LogP contribution in [0.1, 0.15) is 13.8 Å². The second-order valence-corrected chi connectivity index (χ2v) is 11.1. The van der Waals surface area contributed by atoms with Gasteiger partial charge in [-0.1, -0.05) is 0 Å². The molecule has 200 valence electrons. The fourth-order valence-electron chi connectivity index (χ4n) is 2.27. The molecule has 1 atom stereocenters. The zero-order valence-electron chi connectivity index (χ0n) is 16.6. The third kappa shape index (κ3) is 3.97. The highest BCUT2D eigenvalue weighted by atomic mass is 28.4. The van der Waals surface area contributed by atoms with Crippen molar-refractivity contribution in [3.05, 3.63) is 0 Å². The summed E-state index contributed by atoms with van der Waals surface area (Å²) >= 11 is 0. The maximum Gasteiger partial charge on any atom is 0.385 e. The van der Waals surface area contributed by atoms with Crippen molar-refractivity contribution >= 4 is 8.32 Å². The molecule has 33 heavy (non-hydrogen) atoms. The van der Waals surface area contributed by atoms with Gasteiger partial charge in [0, 0.05) is 6.61 Å². The Kier molecular flexibility index (Phi) is 8.03. The van der Waals surface area contributed by atoms with Gasteiger partial charge in [0.1, 0.15) is 0 Å². The highest BCUT2D eigenvalue weighted by Gasteiger charge is 2.95. The van der Waals surface area contributed by atoms with Gasteiger partial charge >= 0.3 is 47.0 Å². The zero-order chi connectivity index (χ0) is 27.5. The predicted octanol–water partition coefficient (Wildman–Crippen LogP) is 7.21. The van der Waals surface area contributed by atoms with Gasteiger partial charge < -0.3 is 4.43 Å². The van der Waals surface area contributed by atoms with Gasteiger partial charge in [-0.15, -0.1) is 0 Å². The lowest BCUT2D eigenvalue weighted by Crippen LogP contribution is -2.77. The lowest BCUT2D eigenvalue weighted by molar-refractivity contribution is -0.451. The molecular formula is C14H15F17OSi. The SMILES string of the molecule is CCO[Si](C)(C)C(F)(F)C(F)(F)C(F)(F)C(F)(F)C(F)(F)C(F)(F)C(F)(F)C(F)(F)C(C)F. The average Bonchev–Trinajstić information content (AvgIpc) is 2.59. The van der Waals surface area contributed by atoms with Crippen LogP contribution >= 0.6 is 0 Å². The lowest BCUT2D eigenvalue weighted by Gasteiger charge is -2.45. The van der Waals surface area contributed by atoms with E-state index in [1.54, 1.807) is 0 Å². The topological polar surface area (TPSA) is 9.23 Å². The van der Waals surface area contributed by atoms with Crippen molar-refractivity contribution < 1.29 is 79.1 Å². The first kappa shape index (κ1) is 32.0. The van der Waals surface area contributed by atoms with Gasteiger partial charge in [-0.3, -0.25) is 0 Å². The number of halogens is 17. The van der Waals surface area contributed by atoms with Crippen LogP contribution in [0.4, 0.5) is 74.6 Å². The Morgan fingerprint density at radius 1 is 0.576 bits per heavy atom. The first-order valence-electron chi connectivity index (χ1n) is 8.31. The van der Waals surface area contributed by atoms with Crippen molar-refractivity contribution in [2.24, 2.45) is 0 Å². The maximum absolute atomic E-state index is 14.0. The van der Waals surface area contributed by atoms with Crippen LogP contribution < -0.4 is 0 Å². The number of hydrogen-bond acceptors (Lipinski definition) is 1. The van der Waals surface area contributed by atoms with Crippen molar-refractivity contribution in [2.75, 3.05) is 6.61 Å². The van der Waals surface area contributed by atoms with Crippen molar-refractivity contribution in [1.29, 1.82) is 0 Å². The Morgan fingerprint density at radius 3 is 1.12 bits per heavy atom. The summed E-state index contributed by atoms with van der Waals surface area (Å²) in [5.41, 5.74) is -6.44. The zero-order valence-corrected chi connectivity index (χ0v) is 17.6. The first-order chi connectivity index (χ1) is 14.0. The van der Waals surface area contributed by atoms with Gasteiger partial charge in [-0.2, -0.15) is 61.5 Å². The van der Waals surface area contributed by atoms with E-state index in [4.69, 9.17) is 0 Å². The smallest absolute Gasteiger partial charge is 0.385 e. The van der Waals surface area contributed by atoms with E-state index in [1.165, 1.54) is 0 Å². The van der Waals surface area contributed by atoms with Crippen LogP contribution in [0.15, 0.2) is 0 Å². The largest absolute Gasteiger partial charge is 0.410 e. The van der Waals surface area contributed by atoms with E-state index in [0.717, 1.165) is 6.92 Å². The third-order valence-electron chi connectivity index (χ3n) is 4.55. The van der Waals surface area contributed by atoms with Crippen LogP contribution in [0.3, 0.4) is 0 Å². The lowest BCUT2D eigenvalue weighted by atomic mass is 9.88. The molecule has 0 aromatic heterocycles. The quantitative estimate of drug-likeness (QED) is 0.195. The van der Waals surface area contributed by atoms with Gasteiger partial charge in [0.2, 0.25) is 0 Å². The van der Waals surface area contributed by atoms with E-state index < -0.39 is 75.0 Å². The monoisotopic (exact) mass is 550 g/mol. The standard InChI is InChI=1S/C14H15F17OSi/c1-5-32-33(3,4)14(30,31)13(28,29)12(26,27)11(24,25)10(22,23)9(20,21)8(18,19)7(16,17)6(2)15/h6H,5H2,1-4H3. The highest BCUT2D eigenvalue weighted by molar-refractivity contribution is 6.74. The molecule has 0 aromatic carbocycles. The van der Waals surface area contributed by atoms with Crippen LogP contribution in [0.5, 0.6) is 0 Å². The average molecular weight is 550 g/mol. The first-order valence-corrected chi connectivity index (χ1v) is 11.2. The van der Waals surface area contributed by atoms with Crippen LogP contribution in [-0.4, -0.2) is 68.1 Å². The summed E-state index contributed by atoms with van der Waals surface area (Å²) in [6.45, 7) is -0.697. The molecule has 0 N–H and O–H groups in total. The maximum atomic E-state index is 14.0. The molecule has 0 aromatic rings. The van der Waals surface area contributed by atoms with Crippen LogP contribution in [0, 0.1) is 0 Å².